The number of halogens is 3. The van der Waals surface area contributed by atoms with Crippen LogP contribution in [0, 0.1) is 5.82 Å². The smallest absolute Gasteiger partial charge is 0.412 e. The molecule has 1 fully saturated rings. The molecule has 3 aromatic carbocycles. The van der Waals surface area contributed by atoms with E-state index in [1.165, 1.54) is 12.1 Å². The molecule has 2 N–H and O–H groups in total. The van der Waals surface area contributed by atoms with Crippen molar-refractivity contribution in [2.24, 2.45) is 0 Å². The molecule has 5 rings (SSSR count). The second-order valence-electron chi connectivity index (χ2n) is 10.5. The van der Waals surface area contributed by atoms with E-state index in [0.29, 0.717) is 60.2 Å². The Morgan fingerprint density at radius 2 is 1.85 bits per heavy atom. The number of carbonyl (C=O) groups is 2. The van der Waals surface area contributed by atoms with Gasteiger partial charge in [-0.1, -0.05) is 41.4 Å². The molecule has 2 aliphatic rings. The van der Waals surface area contributed by atoms with Crippen LogP contribution in [0.2, 0.25) is 10.0 Å². The van der Waals surface area contributed by atoms with Crippen molar-refractivity contribution >= 4 is 40.9 Å². The zero-order valence-electron chi connectivity index (χ0n) is 22.7. The molecule has 0 aliphatic carbocycles. The van der Waals surface area contributed by atoms with Crippen molar-refractivity contribution in [3.8, 4) is 5.75 Å². The van der Waals surface area contributed by atoms with Gasteiger partial charge in [-0.15, -0.1) is 0 Å². The van der Waals surface area contributed by atoms with Crippen molar-refractivity contribution in [2.45, 2.75) is 43.7 Å². The molecule has 1 saturated heterocycles. The summed E-state index contributed by atoms with van der Waals surface area (Å²) in [5.41, 5.74) is 2.23. The molecule has 2 amide bonds. The topological polar surface area (TPSA) is 79.9 Å². The van der Waals surface area contributed by atoms with Crippen LogP contribution in [0.3, 0.4) is 0 Å². The quantitative estimate of drug-likeness (QED) is 0.280. The Morgan fingerprint density at radius 3 is 2.56 bits per heavy atom. The van der Waals surface area contributed by atoms with E-state index in [-0.39, 0.29) is 11.7 Å². The lowest BCUT2D eigenvalue weighted by Gasteiger charge is -2.44. The van der Waals surface area contributed by atoms with Crippen LogP contribution in [0.25, 0.3) is 0 Å². The molecule has 2 aliphatic heterocycles. The van der Waals surface area contributed by atoms with Crippen molar-refractivity contribution in [3.05, 3.63) is 93.2 Å². The van der Waals surface area contributed by atoms with Gasteiger partial charge in [0, 0.05) is 38.0 Å². The third-order valence-electron chi connectivity index (χ3n) is 7.92. The standard InChI is InChI=1S/C31H32Cl2FN3O4/c1-40-23-8-4-20(5-9-23)19-35-29(38)24(21-6-10-26(32)27(33)17-21)3-2-14-37-15-12-31(13-16-37)25-18-22(34)7-11-28(25)36-30(39)41-31/h4-11,17-18,24H,2-3,12-16,19H2,1H3,(H,35,38)(H,36,39). The predicted molar refractivity (Wildman–Crippen MR) is 157 cm³/mol. The van der Waals surface area contributed by atoms with Gasteiger partial charge in [0.2, 0.25) is 5.91 Å². The fourth-order valence-corrected chi connectivity index (χ4v) is 5.94. The zero-order chi connectivity index (χ0) is 29.0. The SMILES string of the molecule is COc1ccc(CNC(=O)C(CCCN2CCC3(CC2)OC(=O)Nc2ccc(F)cc23)c2ccc(Cl)c(Cl)c2)cc1. The van der Waals surface area contributed by atoms with Gasteiger partial charge in [-0.2, -0.15) is 0 Å². The van der Waals surface area contributed by atoms with E-state index in [0.717, 1.165) is 29.8 Å². The molecule has 41 heavy (non-hydrogen) atoms. The zero-order valence-corrected chi connectivity index (χ0v) is 24.2. The summed E-state index contributed by atoms with van der Waals surface area (Å²) in [5, 5.41) is 6.58. The van der Waals surface area contributed by atoms with E-state index in [4.69, 9.17) is 32.7 Å². The molecule has 0 radical (unpaired) electrons. The minimum absolute atomic E-state index is 0.0861. The molecule has 7 nitrogen and oxygen atoms in total. The first-order valence-corrected chi connectivity index (χ1v) is 14.4. The van der Waals surface area contributed by atoms with E-state index in [1.807, 2.05) is 30.3 Å². The van der Waals surface area contributed by atoms with Gasteiger partial charge in [-0.3, -0.25) is 10.1 Å². The number of likely N-dealkylation sites (tertiary alicyclic amines) is 1. The van der Waals surface area contributed by atoms with Gasteiger partial charge < -0.3 is 19.7 Å². The number of hydrogen-bond acceptors (Lipinski definition) is 5. The first-order chi connectivity index (χ1) is 19.8. The van der Waals surface area contributed by atoms with Gasteiger partial charge in [0.25, 0.3) is 0 Å². The van der Waals surface area contributed by atoms with E-state index < -0.39 is 17.6 Å². The van der Waals surface area contributed by atoms with Crippen molar-refractivity contribution < 1.29 is 23.5 Å². The van der Waals surface area contributed by atoms with Gasteiger partial charge in [-0.05, 0) is 73.0 Å². The Labute approximate surface area is 248 Å². The summed E-state index contributed by atoms with van der Waals surface area (Å²) in [6, 6.07) is 17.3. The van der Waals surface area contributed by atoms with Crippen LogP contribution in [0.4, 0.5) is 14.9 Å². The summed E-state index contributed by atoms with van der Waals surface area (Å²) in [6.07, 6.45) is 1.99. The first-order valence-electron chi connectivity index (χ1n) is 13.6. The molecular weight excluding hydrogens is 568 g/mol. The maximum absolute atomic E-state index is 14.1. The third-order valence-corrected chi connectivity index (χ3v) is 8.66. The number of piperidine rings is 1. The molecule has 1 unspecified atom stereocenters. The molecule has 0 bridgehead atoms. The van der Waals surface area contributed by atoms with Gasteiger partial charge >= 0.3 is 6.09 Å². The summed E-state index contributed by atoms with van der Waals surface area (Å²) in [6.45, 7) is 2.53. The lowest BCUT2D eigenvalue weighted by atomic mass is 9.82. The Bertz CT molecular complexity index is 1410. The number of nitrogens with one attached hydrogen (secondary N) is 2. The number of nitrogens with zero attached hydrogens (tertiary/aromatic N) is 1. The summed E-state index contributed by atoms with van der Waals surface area (Å²) < 4.78 is 25.0. The summed E-state index contributed by atoms with van der Waals surface area (Å²) in [7, 11) is 1.61. The number of hydrogen-bond donors (Lipinski definition) is 2. The van der Waals surface area contributed by atoms with E-state index in [2.05, 4.69) is 15.5 Å². The molecule has 3 aromatic rings. The maximum Gasteiger partial charge on any atom is 0.412 e. The molecule has 1 atom stereocenters. The molecule has 2 heterocycles. The van der Waals surface area contributed by atoms with E-state index in [1.54, 1.807) is 25.3 Å². The number of ether oxygens (including phenoxy) is 2. The number of rotatable bonds is 9. The number of methoxy groups -OCH3 is 1. The van der Waals surface area contributed by atoms with Crippen LogP contribution >= 0.6 is 23.2 Å². The highest BCUT2D eigenvalue weighted by Crippen LogP contribution is 2.43. The minimum Gasteiger partial charge on any atom is -0.497 e. The average Bonchev–Trinajstić information content (AvgIpc) is 2.97. The molecule has 10 heteroatoms. The Balaban J connectivity index is 1.21. The highest BCUT2D eigenvalue weighted by molar-refractivity contribution is 6.42. The molecule has 216 valence electrons. The van der Waals surface area contributed by atoms with E-state index >= 15 is 0 Å². The lowest BCUT2D eigenvalue weighted by Crippen LogP contribution is -2.48. The molecule has 0 saturated carbocycles. The molecule has 0 aromatic heterocycles. The highest BCUT2D eigenvalue weighted by Gasteiger charge is 2.44. The Hall–Kier alpha value is -3.33. The maximum atomic E-state index is 14.1. The number of anilines is 1. The van der Waals surface area contributed by atoms with Gasteiger partial charge in [0.1, 0.15) is 17.2 Å². The van der Waals surface area contributed by atoms with Crippen LogP contribution in [0.15, 0.2) is 60.7 Å². The van der Waals surface area contributed by atoms with Crippen LogP contribution in [-0.2, 0) is 21.7 Å². The second-order valence-corrected chi connectivity index (χ2v) is 11.3. The fraction of sp³-hybridized carbons (Fsp3) is 0.355. The monoisotopic (exact) mass is 599 g/mol. The normalized spacial score (nSPS) is 16.8. The van der Waals surface area contributed by atoms with Gasteiger partial charge in [0.15, 0.2) is 0 Å². The Kier molecular flexibility index (Phi) is 9.02. The fourth-order valence-electron chi connectivity index (χ4n) is 5.63. The van der Waals surface area contributed by atoms with Gasteiger partial charge in [0.05, 0.1) is 28.8 Å². The summed E-state index contributed by atoms with van der Waals surface area (Å²) in [4.78, 5) is 27.9. The van der Waals surface area contributed by atoms with Crippen LogP contribution in [0.5, 0.6) is 5.75 Å². The van der Waals surface area contributed by atoms with Crippen molar-refractivity contribution in [2.75, 3.05) is 32.1 Å². The summed E-state index contributed by atoms with van der Waals surface area (Å²) in [5.74, 6) is -0.0903. The minimum atomic E-state index is -0.833. The second kappa shape index (κ2) is 12.7. The number of benzene rings is 3. The molecule has 1 spiro atoms. The number of fused-ring (bicyclic) bond motifs is 2. The Morgan fingerprint density at radius 1 is 1.10 bits per heavy atom. The average molecular weight is 601 g/mol. The van der Waals surface area contributed by atoms with E-state index in [9.17, 15) is 14.0 Å². The first kappa shape index (κ1) is 29.2. The largest absolute Gasteiger partial charge is 0.497 e. The van der Waals surface area contributed by atoms with Crippen LogP contribution < -0.4 is 15.4 Å². The van der Waals surface area contributed by atoms with Crippen LogP contribution in [-0.4, -0.2) is 43.6 Å². The van der Waals surface area contributed by atoms with Crippen LogP contribution in [0.1, 0.15) is 48.3 Å². The summed E-state index contributed by atoms with van der Waals surface area (Å²) >= 11 is 12.4. The third kappa shape index (κ3) is 6.77. The number of amides is 2. The van der Waals surface area contributed by atoms with Gasteiger partial charge in [-0.25, -0.2) is 9.18 Å². The van der Waals surface area contributed by atoms with Crippen molar-refractivity contribution in [1.29, 1.82) is 0 Å². The van der Waals surface area contributed by atoms with Crippen molar-refractivity contribution in [3.63, 3.8) is 0 Å². The predicted octanol–water partition coefficient (Wildman–Crippen LogP) is 6.87. The van der Waals surface area contributed by atoms with Crippen molar-refractivity contribution in [1.82, 2.24) is 10.2 Å². The molecular formula is C31H32Cl2FN3O4. The highest BCUT2D eigenvalue weighted by atomic mass is 35.5. The number of carbonyl (C=O) groups excluding carboxylic acids is 2. The lowest BCUT2D eigenvalue weighted by molar-refractivity contribution is -0.122.